The Hall–Kier alpha value is -1.13. The van der Waals surface area contributed by atoms with Gasteiger partial charge in [0.25, 0.3) is 0 Å². The Balaban J connectivity index is 2.06. The number of benzene rings is 1. The van der Waals surface area contributed by atoms with Crippen LogP contribution in [0, 0.1) is 5.82 Å². The van der Waals surface area contributed by atoms with Gasteiger partial charge in [0.15, 0.2) is 11.6 Å². The second-order valence-corrected chi connectivity index (χ2v) is 4.99. The Labute approximate surface area is 114 Å². The van der Waals surface area contributed by atoms with Gasteiger partial charge in [-0.05, 0) is 57.5 Å². The van der Waals surface area contributed by atoms with Crippen molar-refractivity contribution < 1.29 is 9.13 Å². The summed E-state index contributed by atoms with van der Waals surface area (Å²) in [6.45, 7) is 3.44. The standard InChI is InChI=1S/C15H23FN2O/c1-3-19-15-7-6-11(9-13(15)16)14(17-2)10-12-5-4-8-18-12/h6-7,9,12,14,17-18H,3-5,8,10H2,1-2H3. The van der Waals surface area contributed by atoms with E-state index >= 15 is 0 Å². The summed E-state index contributed by atoms with van der Waals surface area (Å²) in [4.78, 5) is 0. The smallest absolute Gasteiger partial charge is 0.165 e. The van der Waals surface area contributed by atoms with Crippen molar-refractivity contribution in [3.63, 3.8) is 0 Å². The number of nitrogens with one attached hydrogen (secondary N) is 2. The normalized spacial score (nSPS) is 20.5. The molecule has 0 spiro atoms. The van der Waals surface area contributed by atoms with Crippen molar-refractivity contribution in [1.29, 1.82) is 0 Å². The van der Waals surface area contributed by atoms with Gasteiger partial charge in [0, 0.05) is 12.1 Å². The van der Waals surface area contributed by atoms with Crippen molar-refractivity contribution in [3.8, 4) is 5.75 Å². The van der Waals surface area contributed by atoms with Crippen molar-refractivity contribution in [3.05, 3.63) is 29.6 Å². The highest BCUT2D eigenvalue weighted by Crippen LogP contribution is 2.26. The number of halogens is 1. The van der Waals surface area contributed by atoms with Crippen LogP contribution in [-0.4, -0.2) is 26.2 Å². The largest absolute Gasteiger partial charge is 0.491 e. The van der Waals surface area contributed by atoms with E-state index in [2.05, 4.69) is 10.6 Å². The summed E-state index contributed by atoms with van der Waals surface area (Å²) in [7, 11) is 1.92. The summed E-state index contributed by atoms with van der Waals surface area (Å²) in [6, 6.07) is 5.97. The van der Waals surface area contributed by atoms with Gasteiger partial charge in [-0.15, -0.1) is 0 Å². The molecule has 106 valence electrons. The molecule has 0 radical (unpaired) electrons. The Morgan fingerprint density at radius 1 is 1.53 bits per heavy atom. The lowest BCUT2D eigenvalue weighted by Crippen LogP contribution is -2.28. The first-order valence-electron chi connectivity index (χ1n) is 7.07. The number of hydrogen-bond donors (Lipinski definition) is 2. The van der Waals surface area contributed by atoms with E-state index in [9.17, 15) is 4.39 Å². The predicted octanol–water partition coefficient (Wildman–Crippen LogP) is 2.63. The molecule has 2 unspecified atom stereocenters. The maximum absolute atomic E-state index is 13.9. The maximum Gasteiger partial charge on any atom is 0.165 e. The predicted molar refractivity (Wildman–Crippen MR) is 75.0 cm³/mol. The van der Waals surface area contributed by atoms with Gasteiger partial charge < -0.3 is 15.4 Å². The highest BCUT2D eigenvalue weighted by molar-refractivity contribution is 5.31. The third-order valence-corrected chi connectivity index (χ3v) is 3.69. The van der Waals surface area contributed by atoms with Gasteiger partial charge in [-0.2, -0.15) is 0 Å². The van der Waals surface area contributed by atoms with E-state index in [0.717, 1.165) is 18.5 Å². The zero-order valence-electron chi connectivity index (χ0n) is 11.7. The van der Waals surface area contributed by atoms with E-state index < -0.39 is 0 Å². The SMILES string of the molecule is CCOc1ccc(C(CC2CCCN2)NC)cc1F. The fourth-order valence-electron chi connectivity index (χ4n) is 2.67. The van der Waals surface area contributed by atoms with E-state index in [4.69, 9.17) is 4.74 Å². The average molecular weight is 266 g/mol. The summed E-state index contributed by atoms with van der Waals surface area (Å²) in [5.74, 6) is 0.0547. The van der Waals surface area contributed by atoms with Crippen LogP contribution >= 0.6 is 0 Å². The molecule has 1 heterocycles. The van der Waals surface area contributed by atoms with Crippen LogP contribution in [-0.2, 0) is 0 Å². The van der Waals surface area contributed by atoms with Crippen LogP contribution in [0.25, 0.3) is 0 Å². The van der Waals surface area contributed by atoms with Gasteiger partial charge in [0.1, 0.15) is 0 Å². The summed E-state index contributed by atoms with van der Waals surface area (Å²) < 4.78 is 19.1. The van der Waals surface area contributed by atoms with Crippen molar-refractivity contribution in [2.24, 2.45) is 0 Å². The van der Waals surface area contributed by atoms with Gasteiger partial charge in [-0.1, -0.05) is 6.07 Å². The molecule has 1 saturated heterocycles. The van der Waals surface area contributed by atoms with Crippen LogP contribution in [0.5, 0.6) is 5.75 Å². The lowest BCUT2D eigenvalue weighted by Gasteiger charge is -2.21. The summed E-state index contributed by atoms with van der Waals surface area (Å²) in [5.41, 5.74) is 0.983. The van der Waals surface area contributed by atoms with Crippen LogP contribution in [0.1, 0.15) is 37.8 Å². The van der Waals surface area contributed by atoms with Crippen LogP contribution in [0.15, 0.2) is 18.2 Å². The third-order valence-electron chi connectivity index (χ3n) is 3.69. The molecule has 1 fully saturated rings. The lowest BCUT2D eigenvalue weighted by molar-refractivity contribution is 0.321. The summed E-state index contributed by atoms with van der Waals surface area (Å²) in [5, 5.41) is 6.76. The van der Waals surface area contributed by atoms with Crippen LogP contribution < -0.4 is 15.4 Å². The van der Waals surface area contributed by atoms with E-state index in [-0.39, 0.29) is 11.9 Å². The molecule has 2 atom stereocenters. The second-order valence-electron chi connectivity index (χ2n) is 4.99. The minimum atomic E-state index is -0.279. The Bertz CT molecular complexity index is 405. The zero-order chi connectivity index (χ0) is 13.7. The quantitative estimate of drug-likeness (QED) is 0.830. The molecule has 1 aliphatic heterocycles. The zero-order valence-corrected chi connectivity index (χ0v) is 11.7. The topological polar surface area (TPSA) is 33.3 Å². The average Bonchev–Trinajstić information content (AvgIpc) is 2.91. The molecule has 1 aliphatic rings. The molecule has 0 saturated carbocycles. The number of hydrogen-bond acceptors (Lipinski definition) is 3. The fraction of sp³-hybridized carbons (Fsp3) is 0.600. The molecule has 4 heteroatoms. The molecular formula is C15H23FN2O. The van der Waals surface area contributed by atoms with E-state index in [1.165, 1.54) is 12.8 Å². The van der Waals surface area contributed by atoms with Gasteiger partial charge in [0.2, 0.25) is 0 Å². The molecular weight excluding hydrogens is 243 g/mol. The van der Waals surface area contributed by atoms with E-state index in [0.29, 0.717) is 18.4 Å². The van der Waals surface area contributed by atoms with Crippen molar-refractivity contribution >= 4 is 0 Å². The summed E-state index contributed by atoms with van der Waals surface area (Å²) in [6.07, 6.45) is 3.43. The number of rotatable bonds is 6. The van der Waals surface area contributed by atoms with Gasteiger partial charge in [-0.3, -0.25) is 0 Å². The van der Waals surface area contributed by atoms with Crippen LogP contribution in [0.2, 0.25) is 0 Å². The van der Waals surface area contributed by atoms with Gasteiger partial charge in [-0.25, -0.2) is 4.39 Å². The molecule has 1 aromatic carbocycles. The Kier molecular flexibility index (Phi) is 5.16. The van der Waals surface area contributed by atoms with Crippen LogP contribution in [0.3, 0.4) is 0 Å². The molecule has 0 aromatic heterocycles. The minimum absolute atomic E-state index is 0.181. The highest BCUT2D eigenvalue weighted by atomic mass is 19.1. The summed E-state index contributed by atoms with van der Waals surface area (Å²) >= 11 is 0. The lowest BCUT2D eigenvalue weighted by atomic mass is 9.98. The minimum Gasteiger partial charge on any atom is -0.491 e. The fourth-order valence-corrected chi connectivity index (χ4v) is 2.67. The van der Waals surface area contributed by atoms with E-state index in [1.54, 1.807) is 12.1 Å². The molecule has 0 bridgehead atoms. The van der Waals surface area contributed by atoms with Crippen molar-refractivity contribution in [2.75, 3.05) is 20.2 Å². The molecule has 2 N–H and O–H groups in total. The van der Waals surface area contributed by atoms with Gasteiger partial charge in [0.05, 0.1) is 6.61 Å². The first-order chi connectivity index (χ1) is 9.24. The Morgan fingerprint density at radius 2 is 2.37 bits per heavy atom. The first-order valence-corrected chi connectivity index (χ1v) is 7.07. The van der Waals surface area contributed by atoms with E-state index in [1.807, 2.05) is 20.0 Å². The molecule has 0 aliphatic carbocycles. The molecule has 0 amide bonds. The molecule has 3 nitrogen and oxygen atoms in total. The van der Waals surface area contributed by atoms with Crippen molar-refractivity contribution in [2.45, 2.75) is 38.3 Å². The molecule has 2 rings (SSSR count). The second kappa shape index (κ2) is 6.87. The molecule has 19 heavy (non-hydrogen) atoms. The molecule has 1 aromatic rings. The first kappa shape index (κ1) is 14.3. The van der Waals surface area contributed by atoms with Crippen molar-refractivity contribution in [1.82, 2.24) is 10.6 Å². The maximum atomic E-state index is 13.9. The van der Waals surface area contributed by atoms with Crippen LogP contribution in [0.4, 0.5) is 4.39 Å². The highest BCUT2D eigenvalue weighted by Gasteiger charge is 2.20. The monoisotopic (exact) mass is 266 g/mol. The van der Waals surface area contributed by atoms with Gasteiger partial charge >= 0.3 is 0 Å². The number of ether oxygens (including phenoxy) is 1. The Morgan fingerprint density at radius 3 is 2.95 bits per heavy atom. The third kappa shape index (κ3) is 3.67.